The normalized spacial score (nSPS) is 11.8. The predicted molar refractivity (Wildman–Crippen MR) is 82.0 cm³/mol. The lowest BCUT2D eigenvalue weighted by Crippen LogP contribution is -2.32. The standard InChI is InChI=1S/C12H12ClFN2O3S2/c1-15-21(18,19)6-5-16-12(17)11-10(13)9-7(14)3-2-4-8(9)20-11/h2-4,15H,5-6H2,1H3,(H,16,17). The first-order valence-electron chi connectivity index (χ1n) is 5.91. The van der Waals surface area contributed by atoms with E-state index in [1.165, 1.54) is 19.2 Å². The van der Waals surface area contributed by atoms with E-state index in [0.29, 0.717) is 4.70 Å². The Kier molecular flexibility index (Phi) is 4.82. The lowest BCUT2D eigenvalue weighted by molar-refractivity contribution is 0.0960. The molecular weight excluding hydrogens is 339 g/mol. The molecule has 0 spiro atoms. The molecule has 2 aromatic rings. The van der Waals surface area contributed by atoms with Crippen LogP contribution in [-0.4, -0.2) is 33.7 Å². The van der Waals surface area contributed by atoms with E-state index >= 15 is 0 Å². The van der Waals surface area contributed by atoms with Crippen molar-refractivity contribution in [3.05, 3.63) is 33.9 Å². The summed E-state index contributed by atoms with van der Waals surface area (Å²) in [5, 5.41) is 2.71. The summed E-state index contributed by atoms with van der Waals surface area (Å²) in [5.41, 5.74) is 0. The second kappa shape index (κ2) is 6.27. The van der Waals surface area contributed by atoms with E-state index in [1.54, 1.807) is 6.07 Å². The Morgan fingerprint density at radius 2 is 2.14 bits per heavy atom. The van der Waals surface area contributed by atoms with Gasteiger partial charge in [0.1, 0.15) is 10.7 Å². The molecule has 0 radical (unpaired) electrons. The molecule has 0 bridgehead atoms. The van der Waals surface area contributed by atoms with Crippen molar-refractivity contribution in [3.63, 3.8) is 0 Å². The van der Waals surface area contributed by atoms with E-state index in [1.807, 2.05) is 0 Å². The van der Waals surface area contributed by atoms with Gasteiger partial charge in [-0.3, -0.25) is 4.79 Å². The number of halogens is 2. The highest BCUT2D eigenvalue weighted by molar-refractivity contribution is 7.89. The van der Waals surface area contributed by atoms with Gasteiger partial charge in [-0.2, -0.15) is 0 Å². The van der Waals surface area contributed by atoms with Crippen molar-refractivity contribution in [2.75, 3.05) is 19.3 Å². The molecule has 0 aliphatic heterocycles. The second-order valence-electron chi connectivity index (χ2n) is 4.14. The molecule has 1 aromatic heterocycles. The third-order valence-electron chi connectivity index (χ3n) is 2.78. The lowest BCUT2D eigenvalue weighted by atomic mass is 10.2. The molecule has 0 aliphatic carbocycles. The molecule has 0 saturated carbocycles. The molecule has 0 aliphatic rings. The molecule has 114 valence electrons. The highest BCUT2D eigenvalue weighted by Gasteiger charge is 2.19. The summed E-state index contributed by atoms with van der Waals surface area (Å²) in [7, 11) is -2.10. The first kappa shape index (κ1) is 16.2. The number of carbonyl (C=O) groups is 1. The number of fused-ring (bicyclic) bond motifs is 1. The number of nitrogens with one attached hydrogen (secondary N) is 2. The molecule has 1 aromatic carbocycles. The van der Waals surface area contributed by atoms with Crippen molar-refractivity contribution in [3.8, 4) is 0 Å². The van der Waals surface area contributed by atoms with Gasteiger partial charge in [-0.1, -0.05) is 17.7 Å². The van der Waals surface area contributed by atoms with E-state index in [9.17, 15) is 17.6 Å². The minimum absolute atomic E-state index is 0.0436. The summed E-state index contributed by atoms with van der Waals surface area (Å²) in [6.07, 6.45) is 0. The van der Waals surface area contributed by atoms with Crippen LogP contribution < -0.4 is 10.0 Å². The van der Waals surface area contributed by atoms with Crippen LogP contribution in [0.1, 0.15) is 9.67 Å². The van der Waals surface area contributed by atoms with Gasteiger partial charge in [0, 0.05) is 16.6 Å². The van der Waals surface area contributed by atoms with Crippen LogP contribution in [0.15, 0.2) is 18.2 Å². The van der Waals surface area contributed by atoms with Crippen molar-refractivity contribution < 1.29 is 17.6 Å². The Bertz CT molecular complexity index is 789. The molecule has 2 rings (SSSR count). The van der Waals surface area contributed by atoms with Crippen LogP contribution in [0.2, 0.25) is 5.02 Å². The van der Waals surface area contributed by atoms with Crippen LogP contribution in [0, 0.1) is 5.82 Å². The average molecular weight is 351 g/mol. The number of rotatable bonds is 5. The fourth-order valence-electron chi connectivity index (χ4n) is 1.70. The smallest absolute Gasteiger partial charge is 0.262 e. The fraction of sp³-hybridized carbons (Fsp3) is 0.250. The first-order valence-corrected chi connectivity index (χ1v) is 8.76. The summed E-state index contributed by atoms with van der Waals surface area (Å²) in [6.45, 7) is -0.0605. The third-order valence-corrected chi connectivity index (χ3v) is 5.79. The summed E-state index contributed by atoms with van der Waals surface area (Å²) in [6, 6.07) is 4.46. The molecule has 9 heteroatoms. The van der Waals surface area contributed by atoms with Crippen LogP contribution in [-0.2, 0) is 10.0 Å². The summed E-state index contributed by atoms with van der Waals surface area (Å²) >= 11 is 7.09. The van der Waals surface area contributed by atoms with Crippen molar-refractivity contribution in [1.82, 2.24) is 10.0 Å². The van der Waals surface area contributed by atoms with Gasteiger partial charge < -0.3 is 5.32 Å². The molecule has 5 nitrogen and oxygen atoms in total. The zero-order chi connectivity index (χ0) is 15.6. The summed E-state index contributed by atoms with van der Waals surface area (Å²) in [5.74, 6) is -1.26. The summed E-state index contributed by atoms with van der Waals surface area (Å²) in [4.78, 5) is 12.2. The Morgan fingerprint density at radius 1 is 1.43 bits per heavy atom. The molecule has 0 atom stereocenters. The minimum atomic E-state index is -3.39. The number of carbonyl (C=O) groups excluding carboxylic acids is 1. The Hall–Kier alpha value is -1.22. The van der Waals surface area contributed by atoms with Crippen LogP contribution in [0.4, 0.5) is 4.39 Å². The van der Waals surface area contributed by atoms with Crippen molar-refractivity contribution >= 4 is 49.0 Å². The molecule has 21 heavy (non-hydrogen) atoms. The molecule has 1 heterocycles. The Morgan fingerprint density at radius 3 is 2.76 bits per heavy atom. The van der Waals surface area contributed by atoms with Gasteiger partial charge in [-0.05, 0) is 19.2 Å². The number of hydrogen-bond acceptors (Lipinski definition) is 4. The largest absolute Gasteiger partial charge is 0.350 e. The van der Waals surface area contributed by atoms with Gasteiger partial charge in [0.05, 0.1) is 10.8 Å². The van der Waals surface area contributed by atoms with Crippen molar-refractivity contribution in [2.24, 2.45) is 0 Å². The molecule has 2 N–H and O–H groups in total. The number of sulfonamides is 1. The number of benzene rings is 1. The monoisotopic (exact) mass is 350 g/mol. The third kappa shape index (κ3) is 3.52. The second-order valence-corrected chi connectivity index (χ2v) is 7.61. The van der Waals surface area contributed by atoms with Gasteiger partial charge >= 0.3 is 0 Å². The van der Waals surface area contributed by atoms with E-state index in [0.717, 1.165) is 11.3 Å². The Labute approximate surface area is 130 Å². The SMILES string of the molecule is CNS(=O)(=O)CCNC(=O)c1sc2cccc(F)c2c1Cl. The topological polar surface area (TPSA) is 75.3 Å². The molecule has 0 unspecified atom stereocenters. The Balaban J connectivity index is 2.17. The van der Waals surface area contributed by atoms with Gasteiger partial charge in [0.2, 0.25) is 10.0 Å². The lowest BCUT2D eigenvalue weighted by Gasteiger charge is -2.04. The van der Waals surface area contributed by atoms with Crippen LogP contribution in [0.5, 0.6) is 0 Å². The maximum absolute atomic E-state index is 13.7. The zero-order valence-corrected chi connectivity index (χ0v) is 13.3. The quantitative estimate of drug-likeness (QED) is 0.865. The number of hydrogen-bond donors (Lipinski definition) is 2. The van der Waals surface area contributed by atoms with Gasteiger partial charge in [-0.15, -0.1) is 11.3 Å². The predicted octanol–water partition coefficient (Wildman–Crippen LogP) is 1.97. The summed E-state index contributed by atoms with van der Waals surface area (Å²) < 4.78 is 38.9. The maximum atomic E-state index is 13.7. The number of thiophene rings is 1. The van der Waals surface area contributed by atoms with E-state index < -0.39 is 21.7 Å². The fourth-order valence-corrected chi connectivity index (χ4v) is 3.75. The number of amides is 1. The van der Waals surface area contributed by atoms with Crippen LogP contribution in [0.3, 0.4) is 0 Å². The van der Waals surface area contributed by atoms with Crippen molar-refractivity contribution in [2.45, 2.75) is 0 Å². The molecule has 0 fully saturated rings. The van der Waals surface area contributed by atoms with E-state index in [4.69, 9.17) is 11.6 Å². The van der Waals surface area contributed by atoms with Gasteiger partial charge in [0.15, 0.2) is 0 Å². The van der Waals surface area contributed by atoms with E-state index in [-0.39, 0.29) is 27.6 Å². The minimum Gasteiger partial charge on any atom is -0.350 e. The average Bonchev–Trinajstić information content (AvgIpc) is 2.77. The first-order chi connectivity index (χ1) is 9.85. The molecular formula is C12H12ClFN2O3S2. The van der Waals surface area contributed by atoms with Crippen molar-refractivity contribution in [1.29, 1.82) is 0 Å². The molecule has 0 saturated heterocycles. The molecule has 1 amide bonds. The highest BCUT2D eigenvalue weighted by atomic mass is 35.5. The van der Waals surface area contributed by atoms with Gasteiger partial charge in [-0.25, -0.2) is 17.5 Å². The van der Waals surface area contributed by atoms with Crippen LogP contribution in [0.25, 0.3) is 10.1 Å². The highest BCUT2D eigenvalue weighted by Crippen LogP contribution is 2.36. The van der Waals surface area contributed by atoms with Crippen LogP contribution >= 0.6 is 22.9 Å². The zero-order valence-electron chi connectivity index (χ0n) is 10.9. The van der Waals surface area contributed by atoms with E-state index in [2.05, 4.69) is 10.0 Å². The van der Waals surface area contributed by atoms with Gasteiger partial charge in [0.25, 0.3) is 5.91 Å². The maximum Gasteiger partial charge on any atom is 0.262 e.